The minimum atomic E-state index is 0.0570. The highest BCUT2D eigenvalue weighted by atomic mass is 16.5. The van der Waals surface area contributed by atoms with E-state index in [0.29, 0.717) is 17.8 Å². The summed E-state index contributed by atoms with van der Waals surface area (Å²) in [6.45, 7) is 8.03. The molecule has 0 aromatic heterocycles. The maximum atomic E-state index is 12.6. The molecule has 19 heavy (non-hydrogen) atoms. The first kappa shape index (κ1) is 13.9. The summed E-state index contributed by atoms with van der Waals surface area (Å²) in [5, 5.41) is 0. The second-order valence-corrected chi connectivity index (χ2v) is 5.31. The number of nitrogens with two attached hydrogens (primary N) is 1. The lowest BCUT2D eigenvalue weighted by atomic mass is 10.0. The van der Waals surface area contributed by atoms with Crippen molar-refractivity contribution in [1.82, 2.24) is 4.90 Å². The number of hydrogen-bond acceptors (Lipinski definition) is 3. The Labute approximate surface area is 114 Å². The molecule has 1 aromatic rings. The highest BCUT2D eigenvalue weighted by molar-refractivity contribution is 5.96. The third kappa shape index (κ3) is 3.07. The Balaban J connectivity index is 2.25. The highest BCUT2D eigenvalue weighted by Crippen LogP contribution is 2.20. The molecule has 0 saturated carbocycles. The molecule has 1 aliphatic heterocycles. The largest absolute Gasteiger partial charge is 0.398 e. The van der Waals surface area contributed by atoms with E-state index in [0.717, 1.165) is 30.7 Å². The molecule has 0 spiro atoms. The predicted molar refractivity (Wildman–Crippen MR) is 76.3 cm³/mol. The molecule has 104 valence electrons. The van der Waals surface area contributed by atoms with Gasteiger partial charge in [0.1, 0.15) is 0 Å². The van der Waals surface area contributed by atoms with E-state index in [1.807, 2.05) is 31.7 Å². The number of rotatable bonds is 1. The third-order valence-electron chi connectivity index (χ3n) is 3.58. The van der Waals surface area contributed by atoms with Gasteiger partial charge in [-0.2, -0.15) is 0 Å². The Bertz CT molecular complexity index is 485. The molecule has 1 aliphatic rings. The van der Waals surface area contributed by atoms with Gasteiger partial charge in [0.2, 0.25) is 0 Å². The molecule has 0 aliphatic carbocycles. The van der Waals surface area contributed by atoms with Crippen molar-refractivity contribution in [2.75, 3.05) is 25.4 Å². The minimum Gasteiger partial charge on any atom is -0.398 e. The van der Waals surface area contributed by atoms with Crippen LogP contribution in [-0.2, 0) is 4.74 Å². The van der Waals surface area contributed by atoms with Gasteiger partial charge in [-0.1, -0.05) is 6.07 Å². The molecule has 1 fully saturated rings. The monoisotopic (exact) mass is 262 g/mol. The van der Waals surface area contributed by atoms with Gasteiger partial charge in [0, 0.05) is 30.9 Å². The van der Waals surface area contributed by atoms with E-state index >= 15 is 0 Å². The van der Waals surface area contributed by atoms with E-state index in [1.165, 1.54) is 0 Å². The van der Waals surface area contributed by atoms with Gasteiger partial charge in [-0.25, -0.2) is 0 Å². The molecular weight excluding hydrogens is 240 g/mol. The van der Waals surface area contributed by atoms with Crippen molar-refractivity contribution in [3.63, 3.8) is 0 Å². The van der Waals surface area contributed by atoms with E-state index < -0.39 is 0 Å². The van der Waals surface area contributed by atoms with Crippen molar-refractivity contribution in [3.8, 4) is 0 Å². The van der Waals surface area contributed by atoms with E-state index in [4.69, 9.17) is 10.5 Å². The van der Waals surface area contributed by atoms with Crippen molar-refractivity contribution in [1.29, 1.82) is 0 Å². The Morgan fingerprint density at radius 2 is 2.11 bits per heavy atom. The van der Waals surface area contributed by atoms with Crippen LogP contribution in [0.5, 0.6) is 0 Å². The molecule has 1 amide bonds. The summed E-state index contributed by atoms with van der Waals surface area (Å²) in [6, 6.07) is 3.77. The maximum Gasteiger partial charge on any atom is 0.254 e. The number of benzene rings is 1. The fourth-order valence-corrected chi connectivity index (χ4v) is 2.45. The number of nitrogens with zero attached hydrogens (tertiary/aromatic N) is 1. The Kier molecular flexibility index (Phi) is 4.10. The zero-order chi connectivity index (χ0) is 14.0. The third-order valence-corrected chi connectivity index (χ3v) is 3.58. The van der Waals surface area contributed by atoms with Crippen molar-refractivity contribution < 1.29 is 9.53 Å². The van der Waals surface area contributed by atoms with E-state index in [1.54, 1.807) is 6.07 Å². The first-order valence-corrected chi connectivity index (χ1v) is 6.76. The summed E-state index contributed by atoms with van der Waals surface area (Å²) in [6.07, 6.45) is 0.978. The Morgan fingerprint density at radius 3 is 2.84 bits per heavy atom. The molecule has 4 heteroatoms. The number of amides is 1. The summed E-state index contributed by atoms with van der Waals surface area (Å²) in [7, 11) is 0. The second kappa shape index (κ2) is 5.61. The average molecular weight is 262 g/mol. The minimum absolute atomic E-state index is 0.0570. The number of carbonyl (C=O) groups is 1. The van der Waals surface area contributed by atoms with Crippen molar-refractivity contribution >= 4 is 11.6 Å². The van der Waals surface area contributed by atoms with Gasteiger partial charge in [0.05, 0.1) is 6.10 Å². The lowest BCUT2D eigenvalue weighted by Gasteiger charge is -2.23. The Hall–Kier alpha value is -1.55. The molecule has 0 radical (unpaired) electrons. The van der Waals surface area contributed by atoms with Crippen molar-refractivity contribution in [2.24, 2.45) is 0 Å². The van der Waals surface area contributed by atoms with Crippen LogP contribution in [0.1, 0.15) is 34.8 Å². The van der Waals surface area contributed by atoms with Gasteiger partial charge in [-0.05, 0) is 44.4 Å². The van der Waals surface area contributed by atoms with Gasteiger partial charge in [-0.3, -0.25) is 4.79 Å². The summed E-state index contributed by atoms with van der Waals surface area (Å²) < 4.78 is 5.57. The van der Waals surface area contributed by atoms with Crippen LogP contribution in [0.3, 0.4) is 0 Å². The van der Waals surface area contributed by atoms with E-state index in [2.05, 4.69) is 0 Å². The average Bonchev–Trinajstić information content (AvgIpc) is 2.58. The normalized spacial score (nSPS) is 20.2. The van der Waals surface area contributed by atoms with E-state index in [-0.39, 0.29) is 12.0 Å². The highest BCUT2D eigenvalue weighted by Gasteiger charge is 2.22. The standard InChI is InChI=1S/C15H22N2O2/c1-10-7-11(2)14(16)8-13(10)15(18)17-5-4-6-19-12(3)9-17/h7-8,12H,4-6,9,16H2,1-3H3. The van der Waals surface area contributed by atoms with Crippen LogP contribution in [0.2, 0.25) is 0 Å². The van der Waals surface area contributed by atoms with E-state index in [9.17, 15) is 4.79 Å². The molecule has 1 heterocycles. The quantitative estimate of drug-likeness (QED) is 0.789. The van der Waals surface area contributed by atoms with Gasteiger partial charge in [-0.15, -0.1) is 0 Å². The molecule has 1 atom stereocenters. The topological polar surface area (TPSA) is 55.6 Å². The number of hydrogen-bond donors (Lipinski definition) is 1. The number of nitrogen functional groups attached to an aromatic ring is 1. The van der Waals surface area contributed by atoms with Crippen LogP contribution in [0.4, 0.5) is 5.69 Å². The summed E-state index contributed by atoms with van der Waals surface area (Å²) in [5.74, 6) is 0.0570. The zero-order valence-electron chi connectivity index (χ0n) is 11.9. The van der Waals surface area contributed by atoms with Crippen LogP contribution in [0.15, 0.2) is 12.1 Å². The number of ether oxygens (including phenoxy) is 1. The zero-order valence-corrected chi connectivity index (χ0v) is 11.9. The van der Waals surface area contributed by atoms with Crippen LogP contribution >= 0.6 is 0 Å². The molecule has 1 unspecified atom stereocenters. The lowest BCUT2D eigenvalue weighted by Crippen LogP contribution is -2.36. The molecule has 2 rings (SSSR count). The van der Waals surface area contributed by atoms with Gasteiger partial charge in [0.25, 0.3) is 5.91 Å². The van der Waals surface area contributed by atoms with Crippen molar-refractivity contribution in [2.45, 2.75) is 33.3 Å². The van der Waals surface area contributed by atoms with Crippen LogP contribution in [0.25, 0.3) is 0 Å². The first-order valence-electron chi connectivity index (χ1n) is 6.76. The first-order chi connectivity index (χ1) is 8.99. The predicted octanol–water partition coefficient (Wildman–Crippen LogP) is 2.14. The van der Waals surface area contributed by atoms with Crippen LogP contribution < -0.4 is 5.73 Å². The Morgan fingerprint density at radius 1 is 1.37 bits per heavy atom. The maximum absolute atomic E-state index is 12.6. The second-order valence-electron chi connectivity index (χ2n) is 5.31. The SMILES string of the molecule is Cc1cc(C)c(C(=O)N2CCCOC(C)C2)cc1N. The van der Waals surface area contributed by atoms with Gasteiger partial charge in [0.15, 0.2) is 0 Å². The number of aryl methyl sites for hydroxylation is 2. The lowest BCUT2D eigenvalue weighted by molar-refractivity contribution is 0.0562. The molecule has 0 bridgehead atoms. The molecular formula is C15H22N2O2. The van der Waals surface area contributed by atoms with Gasteiger partial charge < -0.3 is 15.4 Å². The molecule has 1 saturated heterocycles. The molecule has 4 nitrogen and oxygen atoms in total. The van der Waals surface area contributed by atoms with Gasteiger partial charge >= 0.3 is 0 Å². The fourth-order valence-electron chi connectivity index (χ4n) is 2.45. The fraction of sp³-hybridized carbons (Fsp3) is 0.533. The number of anilines is 1. The summed E-state index contributed by atoms with van der Waals surface area (Å²) in [4.78, 5) is 14.5. The number of carbonyl (C=O) groups excluding carboxylic acids is 1. The smallest absolute Gasteiger partial charge is 0.254 e. The van der Waals surface area contributed by atoms with Crippen LogP contribution in [0, 0.1) is 13.8 Å². The molecule has 2 N–H and O–H groups in total. The van der Waals surface area contributed by atoms with Crippen LogP contribution in [-0.4, -0.2) is 36.6 Å². The van der Waals surface area contributed by atoms with Crippen molar-refractivity contribution in [3.05, 3.63) is 28.8 Å². The molecule has 1 aromatic carbocycles. The summed E-state index contributed by atoms with van der Waals surface area (Å²) >= 11 is 0. The summed E-state index contributed by atoms with van der Waals surface area (Å²) in [5.41, 5.74) is 9.30.